The smallest absolute Gasteiger partial charge is 0.252 e. The van der Waals surface area contributed by atoms with Crippen molar-refractivity contribution in [3.8, 4) is 11.1 Å². The maximum atomic E-state index is 12.9. The van der Waals surface area contributed by atoms with E-state index in [0.29, 0.717) is 0 Å². The van der Waals surface area contributed by atoms with Gasteiger partial charge in [0.2, 0.25) is 0 Å². The van der Waals surface area contributed by atoms with Gasteiger partial charge in [0, 0.05) is 31.2 Å². The van der Waals surface area contributed by atoms with Crippen molar-refractivity contribution in [1.82, 2.24) is 10.2 Å². The quantitative estimate of drug-likeness (QED) is 0.806. The predicted octanol–water partition coefficient (Wildman–Crippen LogP) is 4.51. The minimum atomic E-state index is 0.0344. The molecule has 1 heterocycles. The first-order valence-electron chi connectivity index (χ1n) is 9.44. The highest BCUT2D eigenvalue weighted by atomic mass is 16.1. The Morgan fingerprint density at radius 2 is 1.69 bits per heavy atom. The zero-order valence-corrected chi connectivity index (χ0v) is 15.7. The van der Waals surface area contributed by atoms with E-state index in [0.717, 1.165) is 49.2 Å². The van der Waals surface area contributed by atoms with Gasteiger partial charge in [0.1, 0.15) is 0 Å². The normalized spacial score (nSPS) is 15.5. The van der Waals surface area contributed by atoms with Crippen molar-refractivity contribution in [1.29, 1.82) is 0 Å². The number of amides is 1. The molecule has 136 valence electrons. The molecule has 3 nitrogen and oxygen atoms in total. The van der Waals surface area contributed by atoms with Crippen molar-refractivity contribution in [2.45, 2.75) is 32.7 Å². The highest BCUT2D eigenvalue weighted by Gasteiger charge is 2.21. The third kappa shape index (κ3) is 4.83. The van der Waals surface area contributed by atoms with Crippen LogP contribution in [0.2, 0.25) is 0 Å². The lowest BCUT2D eigenvalue weighted by molar-refractivity contribution is 0.0914. The number of piperidine rings is 1. The van der Waals surface area contributed by atoms with Crippen LogP contribution >= 0.6 is 0 Å². The summed E-state index contributed by atoms with van der Waals surface area (Å²) in [5.41, 5.74) is 4.19. The summed E-state index contributed by atoms with van der Waals surface area (Å²) >= 11 is 0. The molecule has 0 saturated carbocycles. The van der Waals surface area contributed by atoms with E-state index in [1.807, 2.05) is 54.6 Å². The summed E-state index contributed by atoms with van der Waals surface area (Å²) in [5.74, 6) is 0.0344. The van der Waals surface area contributed by atoms with Gasteiger partial charge in [0.15, 0.2) is 0 Å². The van der Waals surface area contributed by atoms with Gasteiger partial charge in [-0.3, -0.25) is 9.69 Å². The summed E-state index contributed by atoms with van der Waals surface area (Å²) in [6, 6.07) is 18.2. The highest BCUT2D eigenvalue weighted by Crippen LogP contribution is 2.23. The van der Waals surface area contributed by atoms with Gasteiger partial charge in [-0.05, 0) is 43.9 Å². The van der Waals surface area contributed by atoms with Crippen LogP contribution in [0.3, 0.4) is 0 Å². The molecule has 2 aromatic rings. The number of benzene rings is 2. The monoisotopic (exact) mass is 348 g/mol. The maximum Gasteiger partial charge on any atom is 0.252 e. The van der Waals surface area contributed by atoms with E-state index in [9.17, 15) is 4.79 Å². The summed E-state index contributed by atoms with van der Waals surface area (Å²) in [7, 11) is 0. The van der Waals surface area contributed by atoms with Gasteiger partial charge in [-0.1, -0.05) is 60.2 Å². The molecule has 1 aliphatic heterocycles. The van der Waals surface area contributed by atoms with Crippen molar-refractivity contribution < 1.29 is 4.79 Å². The maximum absolute atomic E-state index is 12.9. The van der Waals surface area contributed by atoms with E-state index in [2.05, 4.69) is 30.1 Å². The largest absolute Gasteiger partial charge is 0.349 e. The second-order valence-corrected chi connectivity index (χ2v) is 7.24. The van der Waals surface area contributed by atoms with Crippen LogP contribution in [0.15, 0.2) is 66.2 Å². The summed E-state index contributed by atoms with van der Waals surface area (Å²) < 4.78 is 0. The van der Waals surface area contributed by atoms with E-state index in [1.54, 1.807) is 0 Å². The minimum absolute atomic E-state index is 0.0344. The van der Waals surface area contributed by atoms with Crippen molar-refractivity contribution in [2.75, 3.05) is 19.6 Å². The van der Waals surface area contributed by atoms with Crippen LogP contribution in [-0.2, 0) is 0 Å². The predicted molar refractivity (Wildman–Crippen MR) is 108 cm³/mol. The van der Waals surface area contributed by atoms with Crippen LogP contribution in [0.4, 0.5) is 0 Å². The standard InChI is InChI=1S/C23H28N2O/c1-18(2)12-15-25-16-13-20(14-17-25)24-23(26)22-11-7-6-10-21(22)19-8-4-3-5-9-19/h3-12,20H,13-17H2,1-2H3,(H,24,26). The molecule has 26 heavy (non-hydrogen) atoms. The van der Waals surface area contributed by atoms with Crippen LogP contribution in [-0.4, -0.2) is 36.5 Å². The fourth-order valence-corrected chi connectivity index (χ4v) is 3.39. The fourth-order valence-electron chi connectivity index (χ4n) is 3.39. The Bertz CT molecular complexity index is 755. The zero-order valence-electron chi connectivity index (χ0n) is 15.7. The lowest BCUT2D eigenvalue weighted by atomic mass is 9.98. The first kappa shape index (κ1) is 18.4. The first-order chi connectivity index (χ1) is 12.6. The molecule has 1 saturated heterocycles. The number of allylic oxidation sites excluding steroid dienone is 1. The summed E-state index contributed by atoms with van der Waals surface area (Å²) in [6.45, 7) is 7.36. The van der Waals surface area contributed by atoms with Gasteiger partial charge < -0.3 is 5.32 Å². The van der Waals surface area contributed by atoms with Crippen LogP contribution in [0.25, 0.3) is 11.1 Å². The molecular weight excluding hydrogens is 320 g/mol. The topological polar surface area (TPSA) is 32.3 Å². The number of carbonyl (C=O) groups excluding carboxylic acids is 1. The molecule has 0 spiro atoms. The fraction of sp³-hybridized carbons (Fsp3) is 0.348. The molecule has 1 amide bonds. The Morgan fingerprint density at radius 1 is 1.04 bits per heavy atom. The van der Waals surface area contributed by atoms with E-state index >= 15 is 0 Å². The van der Waals surface area contributed by atoms with Crippen LogP contribution in [0.5, 0.6) is 0 Å². The Balaban J connectivity index is 1.63. The molecule has 1 aliphatic rings. The SMILES string of the molecule is CC(C)=CCN1CCC(NC(=O)c2ccccc2-c2ccccc2)CC1. The van der Waals surface area contributed by atoms with Crippen LogP contribution < -0.4 is 5.32 Å². The molecule has 3 heteroatoms. The van der Waals surface area contributed by atoms with E-state index < -0.39 is 0 Å². The third-order valence-electron chi connectivity index (χ3n) is 4.94. The molecule has 0 aliphatic carbocycles. The number of nitrogens with zero attached hydrogens (tertiary/aromatic N) is 1. The van der Waals surface area contributed by atoms with Crippen molar-refractivity contribution in [2.24, 2.45) is 0 Å². The molecule has 2 aromatic carbocycles. The van der Waals surface area contributed by atoms with Gasteiger partial charge in [-0.15, -0.1) is 0 Å². The zero-order chi connectivity index (χ0) is 18.4. The third-order valence-corrected chi connectivity index (χ3v) is 4.94. The summed E-state index contributed by atoms with van der Waals surface area (Å²) in [4.78, 5) is 15.3. The van der Waals surface area contributed by atoms with Gasteiger partial charge in [-0.25, -0.2) is 0 Å². The van der Waals surface area contributed by atoms with Crippen molar-refractivity contribution in [3.63, 3.8) is 0 Å². The van der Waals surface area contributed by atoms with Crippen LogP contribution in [0.1, 0.15) is 37.0 Å². The first-order valence-corrected chi connectivity index (χ1v) is 9.44. The Labute approximate surface area is 156 Å². The molecule has 0 bridgehead atoms. The number of hydrogen-bond acceptors (Lipinski definition) is 2. The Hall–Kier alpha value is -2.39. The number of carbonyl (C=O) groups is 1. The molecule has 3 rings (SSSR count). The average Bonchev–Trinajstić information content (AvgIpc) is 2.68. The van der Waals surface area contributed by atoms with E-state index in [-0.39, 0.29) is 11.9 Å². The molecule has 1 fully saturated rings. The van der Waals surface area contributed by atoms with Gasteiger partial charge >= 0.3 is 0 Å². The summed E-state index contributed by atoms with van der Waals surface area (Å²) in [6.07, 6.45) is 4.29. The van der Waals surface area contributed by atoms with Gasteiger partial charge in [-0.2, -0.15) is 0 Å². The molecule has 1 N–H and O–H groups in total. The second-order valence-electron chi connectivity index (χ2n) is 7.24. The molecule has 0 unspecified atom stereocenters. The lowest BCUT2D eigenvalue weighted by Gasteiger charge is -2.31. The molecule has 0 atom stereocenters. The Morgan fingerprint density at radius 3 is 2.38 bits per heavy atom. The van der Waals surface area contributed by atoms with E-state index in [4.69, 9.17) is 0 Å². The minimum Gasteiger partial charge on any atom is -0.349 e. The van der Waals surface area contributed by atoms with Gasteiger partial charge in [0.05, 0.1) is 0 Å². The molecular formula is C23H28N2O. The van der Waals surface area contributed by atoms with Crippen molar-refractivity contribution >= 4 is 5.91 Å². The van der Waals surface area contributed by atoms with Crippen LogP contribution in [0, 0.1) is 0 Å². The lowest BCUT2D eigenvalue weighted by Crippen LogP contribution is -2.44. The van der Waals surface area contributed by atoms with Gasteiger partial charge in [0.25, 0.3) is 5.91 Å². The Kier molecular flexibility index (Phi) is 6.24. The highest BCUT2D eigenvalue weighted by molar-refractivity contribution is 6.01. The molecule has 0 aromatic heterocycles. The number of likely N-dealkylation sites (tertiary alicyclic amines) is 1. The second kappa shape index (κ2) is 8.81. The summed E-state index contributed by atoms with van der Waals surface area (Å²) in [5, 5.41) is 3.25. The number of rotatable bonds is 5. The average molecular weight is 348 g/mol. The number of nitrogens with one attached hydrogen (secondary N) is 1. The molecule has 0 radical (unpaired) electrons. The number of hydrogen-bond donors (Lipinski definition) is 1. The van der Waals surface area contributed by atoms with E-state index in [1.165, 1.54) is 5.57 Å². The van der Waals surface area contributed by atoms with Crippen molar-refractivity contribution in [3.05, 3.63) is 71.8 Å².